The number of carbonyl (C=O) groups is 1. The van der Waals surface area contributed by atoms with Crippen LogP contribution in [0.15, 0.2) is 6.07 Å². The van der Waals surface area contributed by atoms with Gasteiger partial charge in [0.25, 0.3) is 0 Å². The van der Waals surface area contributed by atoms with E-state index in [1.54, 1.807) is 16.7 Å². The van der Waals surface area contributed by atoms with Crippen LogP contribution in [0.1, 0.15) is 11.4 Å². The molecule has 1 aliphatic heterocycles. The van der Waals surface area contributed by atoms with E-state index in [9.17, 15) is 9.90 Å². The minimum atomic E-state index is -0.806. The molecule has 5 nitrogen and oxygen atoms in total. The minimum absolute atomic E-state index is 0.519. The van der Waals surface area contributed by atoms with Crippen molar-refractivity contribution < 1.29 is 9.90 Å². The van der Waals surface area contributed by atoms with Gasteiger partial charge in [0.05, 0.1) is 0 Å². The van der Waals surface area contributed by atoms with E-state index >= 15 is 0 Å². The third-order valence-electron chi connectivity index (χ3n) is 2.64. The fourth-order valence-corrected chi connectivity index (χ4v) is 2.92. The molecule has 1 aliphatic rings. The highest BCUT2D eigenvalue weighted by atomic mass is 32.2. The average molecular weight is 253 g/mol. The Morgan fingerprint density at radius 3 is 2.71 bits per heavy atom. The van der Waals surface area contributed by atoms with Crippen LogP contribution in [0.4, 0.5) is 5.95 Å². The number of nitrogens with zero attached hydrogens (tertiary/aromatic N) is 3. The zero-order valence-electron chi connectivity index (χ0n) is 9.88. The summed E-state index contributed by atoms with van der Waals surface area (Å²) in [5, 5.41) is 9.20. The van der Waals surface area contributed by atoms with Gasteiger partial charge in [-0.3, -0.25) is 0 Å². The van der Waals surface area contributed by atoms with Crippen molar-refractivity contribution in [2.24, 2.45) is 0 Å². The Kier molecular flexibility index (Phi) is 3.51. The predicted molar refractivity (Wildman–Crippen MR) is 67.6 cm³/mol. The van der Waals surface area contributed by atoms with Gasteiger partial charge < -0.3 is 10.0 Å². The summed E-state index contributed by atoms with van der Waals surface area (Å²) in [7, 11) is 0. The number of carboxylic acid groups (broad SMARTS) is 1. The van der Waals surface area contributed by atoms with Gasteiger partial charge in [-0.25, -0.2) is 14.8 Å². The molecule has 1 unspecified atom stereocenters. The molecule has 1 aromatic heterocycles. The Labute approximate surface area is 104 Å². The third kappa shape index (κ3) is 2.69. The molecule has 1 aromatic rings. The molecule has 2 rings (SSSR count). The Morgan fingerprint density at radius 2 is 2.12 bits per heavy atom. The highest BCUT2D eigenvalue weighted by Crippen LogP contribution is 2.21. The second kappa shape index (κ2) is 4.91. The van der Waals surface area contributed by atoms with Crippen molar-refractivity contribution >= 4 is 23.7 Å². The highest BCUT2D eigenvalue weighted by Gasteiger charge is 2.30. The Balaban J connectivity index is 2.32. The number of hydrogen-bond donors (Lipinski definition) is 1. The molecule has 0 aromatic carbocycles. The van der Waals surface area contributed by atoms with E-state index in [0.29, 0.717) is 18.2 Å². The first-order valence-electron chi connectivity index (χ1n) is 5.47. The molecule has 1 N–H and O–H groups in total. The Morgan fingerprint density at radius 1 is 1.47 bits per heavy atom. The van der Waals surface area contributed by atoms with Crippen LogP contribution in [0.25, 0.3) is 0 Å². The first-order valence-corrected chi connectivity index (χ1v) is 6.63. The van der Waals surface area contributed by atoms with E-state index < -0.39 is 12.0 Å². The molecule has 1 atom stereocenters. The molecular weight excluding hydrogens is 238 g/mol. The third-order valence-corrected chi connectivity index (χ3v) is 3.66. The summed E-state index contributed by atoms with van der Waals surface area (Å²) in [5.74, 6) is 1.24. The molecule has 2 heterocycles. The van der Waals surface area contributed by atoms with E-state index in [-0.39, 0.29) is 0 Å². The van der Waals surface area contributed by atoms with Gasteiger partial charge in [0.1, 0.15) is 6.04 Å². The molecule has 0 saturated carbocycles. The lowest BCUT2D eigenvalue weighted by atomic mass is 10.3. The summed E-state index contributed by atoms with van der Waals surface area (Å²) in [6, 6.07) is 1.37. The van der Waals surface area contributed by atoms with E-state index in [0.717, 1.165) is 17.1 Å². The molecular formula is C11H15N3O2S. The number of anilines is 1. The smallest absolute Gasteiger partial charge is 0.327 e. The second-order valence-electron chi connectivity index (χ2n) is 4.07. The number of rotatable bonds is 2. The molecule has 0 radical (unpaired) electrons. The fraction of sp³-hybridized carbons (Fsp3) is 0.545. The van der Waals surface area contributed by atoms with Crippen LogP contribution < -0.4 is 4.90 Å². The number of aryl methyl sites for hydroxylation is 2. The number of thioether (sulfide) groups is 1. The maximum atomic E-state index is 11.2. The van der Waals surface area contributed by atoms with Crippen molar-refractivity contribution in [1.82, 2.24) is 9.97 Å². The van der Waals surface area contributed by atoms with Gasteiger partial charge in [-0.2, -0.15) is 11.8 Å². The van der Waals surface area contributed by atoms with Gasteiger partial charge in [-0.05, 0) is 19.9 Å². The fourth-order valence-electron chi connectivity index (χ4n) is 1.88. The molecule has 17 heavy (non-hydrogen) atoms. The zero-order chi connectivity index (χ0) is 12.4. The monoisotopic (exact) mass is 253 g/mol. The lowest BCUT2D eigenvalue weighted by Gasteiger charge is -2.32. The number of aromatic nitrogens is 2. The normalized spacial score (nSPS) is 20.4. The molecule has 6 heteroatoms. The van der Waals surface area contributed by atoms with E-state index in [2.05, 4.69) is 9.97 Å². The lowest BCUT2D eigenvalue weighted by molar-refractivity contribution is -0.138. The van der Waals surface area contributed by atoms with Crippen molar-refractivity contribution in [1.29, 1.82) is 0 Å². The molecule has 0 spiro atoms. The van der Waals surface area contributed by atoms with Gasteiger partial charge in [0.2, 0.25) is 5.95 Å². The first-order chi connectivity index (χ1) is 8.08. The molecule has 0 aliphatic carbocycles. The zero-order valence-corrected chi connectivity index (χ0v) is 10.7. The number of hydrogen-bond acceptors (Lipinski definition) is 5. The molecule has 0 bridgehead atoms. The SMILES string of the molecule is Cc1cc(C)nc(N2CCSCC2C(=O)O)n1. The molecule has 1 fully saturated rings. The quantitative estimate of drug-likeness (QED) is 0.851. The van der Waals surface area contributed by atoms with E-state index in [1.807, 2.05) is 19.9 Å². The van der Waals surface area contributed by atoms with Crippen LogP contribution in [-0.4, -0.2) is 45.1 Å². The summed E-state index contributed by atoms with van der Waals surface area (Å²) in [6.45, 7) is 4.48. The van der Waals surface area contributed by atoms with Crippen LogP contribution in [0.2, 0.25) is 0 Å². The van der Waals surface area contributed by atoms with Crippen LogP contribution in [0.5, 0.6) is 0 Å². The van der Waals surface area contributed by atoms with E-state index in [1.165, 1.54) is 0 Å². The van der Waals surface area contributed by atoms with Crippen molar-refractivity contribution in [3.05, 3.63) is 17.5 Å². The first kappa shape index (κ1) is 12.2. The summed E-state index contributed by atoms with van der Waals surface area (Å²) >= 11 is 1.66. The number of carboxylic acids is 1. The summed E-state index contributed by atoms with van der Waals surface area (Å²) in [6.07, 6.45) is 0. The van der Waals surface area contributed by atoms with Crippen molar-refractivity contribution in [3.63, 3.8) is 0 Å². The van der Waals surface area contributed by atoms with Crippen LogP contribution in [-0.2, 0) is 4.79 Å². The average Bonchev–Trinajstić information content (AvgIpc) is 2.27. The van der Waals surface area contributed by atoms with Gasteiger partial charge in [0.15, 0.2) is 0 Å². The minimum Gasteiger partial charge on any atom is -0.480 e. The largest absolute Gasteiger partial charge is 0.480 e. The maximum Gasteiger partial charge on any atom is 0.327 e. The highest BCUT2D eigenvalue weighted by molar-refractivity contribution is 7.99. The summed E-state index contributed by atoms with van der Waals surface area (Å²) in [4.78, 5) is 21.7. The second-order valence-corrected chi connectivity index (χ2v) is 5.22. The van der Waals surface area contributed by atoms with Crippen LogP contribution >= 0.6 is 11.8 Å². The standard InChI is InChI=1S/C11H15N3O2S/c1-7-5-8(2)13-11(12-7)14-3-4-17-6-9(14)10(15)16/h5,9H,3-4,6H2,1-2H3,(H,15,16). The molecule has 0 amide bonds. The Hall–Kier alpha value is -1.30. The summed E-state index contributed by atoms with van der Waals surface area (Å²) in [5.41, 5.74) is 1.74. The maximum absolute atomic E-state index is 11.2. The summed E-state index contributed by atoms with van der Waals surface area (Å²) < 4.78 is 0. The van der Waals surface area contributed by atoms with Crippen molar-refractivity contribution in [2.45, 2.75) is 19.9 Å². The predicted octanol–water partition coefficient (Wildman–Crippen LogP) is 1.10. The Bertz CT molecular complexity index is 418. The van der Waals surface area contributed by atoms with Crippen molar-refractivity contribution in [3.8, 4) is 0 Å². The van der Waals surface area contributed by atoms with Gasteiger partial charge >= 0.3 is 5.97 Å². The lowest BCUT2D eigenvalue weighted by Crippen LogP contribution is -2.48. The van der Waals surface area contributed by atoms with Gasteiger partial charge in [-0.1, -0.05) is 0 Å². The van der Waals surface area contributed by atoms with E-state index in [4.69, 9.17) is 0 Å². The van der Waals surface area contributed by atoms with Gasteiger partial charge in [0, 0.05) is 29.4 Å². The van der Waals surface area contributed by atoms with Crippen molar-refractivity contribution in [2.75, 3.05) is 23.0 Å². The van der Waals surface area contributed by atoms with Gasteiger partial charge in [-0.15, -0.1) is 0 Å². The van der Waals surface area contributed by atoms with Crippen LogP contribution in [0, 0.1) is 13.8 Å². The van der Waals surface area contributed by atoms with Crippen LogP contribution in [0.3, 0.4) is 0 Å². The molecule has 92 valence electrons. The molecule has 1 saturated heterocycles. The topological polar surface area (TPSA) is 66.3 Å². The number of aliphatic carboxylic acids is 1.